The number of amides is 1. The second-order valence-corrected chi connectivity index (χ2v) is 5.26. The van der Waals surface area contributed by atoms with Crippen molar-refractivity contribution < 1.29 is 19.0 Å². The smallest absolute Gasteiger partial charge is 0.252 e. The molecular formula is C16H15ClFNO3. The molecule has 0 heterocycles. The number of primary amides is 1. The molecule has 2 aromatic rings. The zero-order valence-electron chi connectivity index (χ0n) is 11.8. The highest BCUT2D eigenvalue weighted by Gasteiger charge is 2.15. The number of carbonyl (C=O) groups is 1. The molecule has 0 bridgehead atoms. The quantitative estimate of drug-likeness (QED) is 0.888. The number of nitrogens with two attached hydrogens (primary N) is 1. The van der Waals surface area contributed by atoms with Gasteiger partial charge in [-0.2, -0.15) is 0 Å². The van der Waals surface area contributed by atoms with Gasteiger partial charge >= 0.3 is 0 Å². The second-order valence-electron chi connectivity index (χ2n) is 4.86. The van der Waals surface area contributed by atoms with Gasteiger partial charge in [0.2, 0.25) is 0 Å². The van der Waals surface area contributed by atoms with Crippen molar-refractivity contribution >= 4 is 17.5 Å². The Morgan fingerprint density at radius 2 is 2.09 bits per heavy atom. The number of aliphatic hydroxyl groups excluding tert-OH is 1. The lowest BCUT2D eigenvalue weighted by molar-refractivity contribution is 0.0967. The van der Waals surface area contributed by atoms with E-state index in [1.54, 1.807) is 18.2 Å². The molecule has 6 heteroatoms. The fourth-order valence-electron chi connectivity index (χ4n) is 1.98. The first-order valence-electron chi connectivity index (χ1n) is 6.54. The molecule has 0 spiro atoms. The Kier molecular flexibility index (Phi) is 5.00. The Hall–Kier alpha value is -2.11. The van der Waals surface area contributed by atoms with Crippen LogP contribution in [0.25, 0.3) is 0 Å². The van der Waals surface area contributed by atoms with Crippen LogP contribution in [0.1, 0.15) is 27.6 Å². The van der Waals surface area contributed by atoms with Gasteiger partial charge in [-0.15, -0.1) is 0 Å². The zero-order chi connectivity index (χ0) is 16.3. The summed E-state index contributed by atoms with van der Waals surface area (Å²) >= 11 is 5.88. The van der Waals surface area contributed by atoms with Gasteiger partial charge < -0.3 is 15.6 Å². The lowest BCUT2D eigenvalue weighted by Crippen LogP contribution is -2.16. The molecule has 0 saturated carbocycles. The Morgan fingerprint density at radius 3 is 2.73 bits per heavy atom. The van der Waals surface area contributed by atoms with Gasteiger partial charge in [0, 0.05) is 10.6 Å². The van der Waals surface area contributed by atoms with E-state index in [0.29, 0.717) is 5.56 Å². The molecule has 2 rings (SSSR count). The fraction of sp³-hybridized carbons (Fsp3) is 0.188. The van der Waals surface area contributed by atoms with E-state index in [0.717, 1.165) is 11.6 Å². The highest BCUT2D eigenvalue weighted by molar-refractivity contribution is 6.31. The van der Waals surface area contributed by atoms with Crippen LogP contribution in [-0.2, 0) is 0 Å². The van der Waals surface area contributed by atoms with Crippen molar-refractivity contribution in [1.82, 2.24) is 0 Å². The number of rotatable bonds is 5. The maximum Gasteiger partial charge on any atom is 0.252 e. The second kappa shape index (κ2) is 6.77. The number of aliphatic hydroxyl groups is 1. The van der Waals surface area contributed by atoms with E-state index in [1.807, 2.05) is 6.92 Å². The third-order valence-electron chi connectivity index (χ3n) is 3.12. The van der Waals surface area contributed by atoms with Gasteiger partial charge in [0.15, 0.2) is 0 Å². The van der Waals surface area contributed by atoms with E-state index in [4.69, 9.17) is 22.1 Å². The Bertz CT molecular complexity index is 706. The van der Waals surface area contributed by atoms with Gasteiger partial charge in [-0.3, -0.25) is 4.79 Å². The predicted molar refractivity (Wildman–Crippen MR) is 81.6 cm³/mol. The molecular weight excluding hydrogens is 309 g/mol. The predicted octanol–water partition coefficient (Wildman–Crippen LogP) is 3.00. The average molecular weight is 324 g/mol. The minimum absolute atomic E-state index is 0.107. The topological polar surface area (TPSA) is 72.6 Å². The van der Waals surface area contributed by atoms with Crippen molar-refractivity contribution in [1.29, 1.82) is 0 Å². The molecule has 22 heavy (non-hydrogen) atoms. The summed E-state index contributed by atoms with van der Waals surface area (Å²) in [5.41, 5.74) is 6.73. The van der Waals surface area contributed by atoms with Gasteiger partial charge in [-0.05, 0) is 36.8 Å². The van der Waals surface area contributed by atoms with Crippen molar-refractivity contribution in [3.63, 3.8) is 0 Å². The fourth-order valence-corrected chi connectivity index (χ4v) is 2.28. The standard InChI is InChI=1S/C16H15ClFNO3/c1-9-2-4-12(16(19)21)15(6-9)22-8-14(20)11-5-3-10(18)7-13(11)17/h2-7,14,20H,8H2,1H3,(H2,19,21)/t14-/m1/s1. The molecule has 1 atom stereocenters. The first-order valence-corrected chi connectivity index (χ1v) is 6.92. The van der Waals surface area contributed by atoms with Crippen LogP contribution in [0.3, 0.4) is 0 Å². The minimum atomic E-state index is -1.06. The molecule has 2 aromatic carbocycles. The van der Waals surface area contributed by atoms with E-state index < -0.39 is 17.8 Å². The average Bonchev–Trinajstić information content (AvgIpc) is 2.44. The first kappa shape index (κ1) is 16.3. The van der Waals surface area contributed by atoms with E-state index in [-0.39, 0.29) is 22.9 Å². The Balaban J connectivity index is 2.16. The largest absolute Gasteiger partial charge is 0.490 e. The highest BCUT2D eigenvalue weighted by atomic mass is 35.5. The SMILES string of the molecule is Cc1ccc(C(N)=O)c(OC[C@@H](O)c2ccc(F)cc2Cl)c1. The summed E-state index contributed by atoms with van der Waals surface area (Å²) in [4.78, 5) is 11.4. The Labute approximate surface area is 132 Å². The van der Waals surface area contributed by atoms with Gasteiger partial charge in [0.05, 0.1) is 5.56 Å². The summed E-state index contributed by atoms with van der Waals surface area (Å²) in [7, 11) is 0. The zero-order valence-corrected chi connectivity index (χ0v) is 12.6. The summed E-state index contributed by atoms with van der Waals surface area (Å²) in [6.45, 7) is 1.69. The van der Waals surface area contributed by atoms with Crippen LogP contribution in [0.2, 0.25) is 5.02 Å². The molecule has 0 aromatic heterocycles. The summed E-state index contributed by atoms with van der Waals surface area (Å²) in [6, 6.07) is 8.65. The van der Waals surface area contributed by atoms with Crippen LogP contribution in [0.4, 0.5) is 4.39 Å². The molecule has 0 unspecified atom stereocenters. The maximum atomic E-state index is 13.0. The number of halogens is 2. The van der Waals surface area contributed by atoms with Gasteiger partial charge in [0.1, 0.15) is 24.3 Å². The van der Waals surface area contributed by atoms with Gasteiger partial charge in [0.25, 0.3) is 5.91 Å². The van der Waals surface area contributed by atoms with E-state index in [9.17, 15) is 14.3 Å². The molecule has 0 radical (unpaired) electrons. The van der Waals surface area contributed by atoms with Gasteiger partial charge in [-0.1, -0.05) is 23.7 Å². The summed E-state index contributed by atoms with van der Waals surface area (Å²) in [6.07, 6.45) is -1.06. The highest BCUT2D eigenvalue weighted by Crippen LogP contribution is 2.26. The van der Waals surface area contributed by atoms with Crippen molar-refractivity contribution in [3.05, 3.63) is 63.9 Å². The lowest BCUT2D eigenvalue weighted by atomic mass is 10.1. The van der Waals surface area contributed by atoms with Crippen LogP contribution >= 0.6 is 11.6 Å². The van der Waals surface area contributed by atoms with E-state index >= 15 is 0 Å². The number of carbonyl (C=O) groups excluding carboxylic acids is 1. The normalized spacial score (nSPS) is 12.0. The van der Waals surface area contributed by atoms with Crippen LogP contribution in [-0.4, -0.2) is 17.6 Å². The van der Waals surface area contributed by atoms with Crippen LogP contribution < -0.4 is 10.5 Å². The Morgan fingerprint density at radius 1 is 1.36 bits per heavy atom. The van der Waals surface area contributed by atoms with Crippen molar-refractivity contribution in [3.8, 4) is 5.75 Å². The number of hydrogen-bond acceptors (Lipinski definition) is 3. The number of hydrogen-bond donors (Lipinski definition) is 2. The summed E-state index contributed by atoms with van der Waals surface area (Å²) in [5, 5.41) is 10.2. The molecule has 116 valence electrons. The summed E-state index contributed by atoms with van der Waals surface area (Å²) < 4.78 is 18.5. The molecule has 0 aliphatic heterocycles. The van der Waals surface area contributed by atoms with Crippen molar-refractivity contribution in [2.45, 2.75) is 13.0 Å². The summed E-state index contributed by atoms with van der Waals surface area (Å²) in [5.74, 6) is -0.828. The number of aryl methyl sites for hydroxylation is 1. The molecule has 1 amide bonds. The minimum Gasteiger partial charge on any atom is -0.490 e. The molecule has 0 saturated heterocycles. The molecule has 4 nitrogen and oxygen atoms in total. The van der Waals surface area contributed by atoms with Crippen LogP contribution in [0.5, 0.6) is 5.75 Å². The number of benzene rings is 2. The monoisotopic (exact) mass is 323 g/mol. The van der Waals surface area contributed by atoms with Crippen molar-refractivity contribution in [2.75, 3.05) is 6.61 Å². The lowest BCUT2D eigenvalue weighted by Gasteiger charge is -2.16. The number of ether oxygens (including phenoxy) is 1. The molecule has 0 aliphatic rings. The molecule has 0 fully saturated rings. The van der Waals surface area contributed by atoms with Gasteiger partial charge in [-0.25, -0.2) is 4.39 Å². The van der Waals surface area contributed by atoms with E-state index in [2.05, 4.69) is 0 Å². The maximum absolute atomic E-state index is 13.0. The first-order chi connectivity index (χ1) is 10.4. The van der Waals surface area contributed by atoms with E-state index in [1.165, 1.54) is 12.1 Å². The molecule has 3 N–H and O–H groups in total. The van der Waals surface area contributed by atoms with Crippen molar-refractivity contribution in [2.24, 2.45) is 5.73 Å². The van der Waals surface area contributed by atoms with Crippen LogP contribution in [0.15, 0.2) is 36.4 Å². The molecule has 0 aliphatic carbocycles. The van der Waals surface area contributed by atoms with Crippen LogP contribution in [0, 0.1) is 12.7 Å². The third kappa shape index (κ3) is 3.75. The third-order valence-corrected chi connectivity index (χ3v) is 3.45.